The van der Waals surface area contributed by atoms with Crippen LogP contribution in [-0.2, 0) is 16.4 Å². The number of aryl methyl sites for hydroxylation is 1. The van der Waals surface area contributed by atoms with Crippen LogP contribution < -0.4 is 9.64 Å². The molecule has 4 rings (SSSR count). The van der Waals surface area contributed by atoms with Crippen LogP contribution in [0.4, 0.5) is 10.2 Å². The number of halogens is 1. The van der Waals surface area contributed by atoms with E-state index in [0.29, 0.717) is 67.1 Å². The maximum Gasteiger partial charge on any atom is 0.213 e. The fourth-order valence-corrected chi connectivity index (χ4v) is 4.74. The number of hydrogen-bond donors (Lipinski definition) is 0. The molecule has 0 atom stereocenters. The molecule has 0 radical (unpaired) electrons. The standard InChI is InChI=1S/C26H29FN6O3S/c1-18-22(10-11-28-2)31-26(25(29-18)23-6-5-7-24(30-23)36-3)33-14-12-32(13-15-33)17-19-8-9-20(16-21(19)27)37(4,34)35/h5-11,16H,2,12-15,17H2,1,3-4H3/b11-10-. The van der Waals surface area contributed by atoms with E-state index in [0.717, 1.165) is 18.0 Å². The summed E-state index contributed by atoms with van der Waals surface area (Å²) in [5, 5.41) is 0. The summed E-state index contributed by atoms with van der Waals surface area (Å²) in [5.41, 5.74) is 3.18. The van der Waals surface area contributed by atoms with Crippen LogP contribution in [0.15, 0.2) is 52.5 Å². The molecule has 3 aromatic rings. The first-order valence-electron chi connectivity index (χ1n) is 11.7. The smallest absolute Gasteiger partial charge is 0.213 e. The van der Waals surface area contributed by atoms with Gasteiger partial charge in [0.1, 0.15) is 11.5 Å². The van der Waals surface area contributed by atoms with Gasteiger partial charge in [-0.2, -0.15) is 0 Å². The minimum atomic E-state index is -3.46. The van der Waals surface area contributed by atoms with Crippen LogP contribution in [0.2, 0.25) is 0 Å². The lowest BCUT2D eigenvalue weighted by Gasteiger charge is -2.36. The third-order valence-electron chi connectivity index (χ3n) is 6.12. The topological polar surface area (TPSA) is 101 Å². The number of rotatable bonds is 8. The van der Waals surface area contributed by atoms with Crippen LogP contribution in [-0.4, -0.2) is 74.5 Å². The summed E-state index contributed by atoms with van der Waals surface area (Å²) in [6.45, 7) is 8.35. The van der Waals surface area contributed by atoms with Gasteiger partial charge >= 0.3 is 0 Å². The number of anilines is 1. The Morgan fingerprint density at radius 3 is 2.54 bits per heavy atom. The molecule has 0 spiro atoms. The average Bonchev–Trinajstić information content (AvgIpc) is 2.89. The number of aromatic nitrogens is 3. The normalized spacial score (nSPS) is 14.8. The lowest BCUT2D eigenvalue weighted by Crippen LogP contribution is -2.46. The van der Waals surface area contributed by atoms with Crippen molar-refractivity contribution in [1.29, 1.82) is 0 Å². The van der Waals surface area contributed by atoms with Crippen molar-refractivity contribution >= 4 is 28.4 Å². The van der Waals surface area contributed by atoms with E-state index >= 15 is 0 Å². The van der Waals surface area contributed by atoms with Crippen LogP contribution in [0.1, 0.15) is 17.0 Å². The molecule has 2 aromatic heterocycles. The predicted molar refractivity (Wildman–Crippen MR) is 142 cm³/mol. The second-order valence-corrected chi connectivity index (χ2v) is 10.7. The lowest BCUT2D eigenvalue weighted by atomic mass is 10.1. The number of aliphatic imine (C=N–C) groups is 1. The van der Waals surface area contributed by atoms with E-state index in [2.05, 4.69) is 26.5 Å². The first kappa shape index (κ1) is 26.4. The number of sulfone groups is 1. The zero-order valence-electron chi connectivity index (χ0n) is 21.1. The number of pyridine rings is 1. The first-order valence-corrected chi connectivity index (χ1v) is 13.6. The third kappa shape index (κ3) is 6.17. The molecule has 11 heteroatoms. The quantitative estimate of drug-likeness (QED) is 0.414. The number of ether oxygens (including phenoxy) is 1. The fraction of sp³-hybridized carbons (Fsp3) is 0.308. The molecule has 0 aliphatic carbocycles. The van der Waals surface area contributed by atoms with E-state index in [1.807, 2.05) is 19.1 Å². The molecule has 194 valence electrons. The highest BCUT2D eigenvalue weighted by Crippen LogP contribution is 2.30. The van der Waals surface area contributed by atoms with Gasteiger partial charge in [0.15, 0.2) is 15.7 Å². The van der Waals surface area contributed by atoms with E-state index in [1.165, 1.54) is 6.07 Å². The number of benzene rings is 1. The van der Waals surface area contributed by atoms with Gasteiger partial charge < -0.3 is 9.64 Å². The maximum atomic E-state index is 14.6. The van der Waals surface area contributed by atoms with E-state index in [-0.39, 0.29) is 4.90 Å². The molecule has 1 aliphatic heterocycles. The minimum absolute atomic E-state index is 0.0216. The molecule has 1 fully saturated rings. The Bertz CT molecular complexity index is 1440. The highest BCUT2D eigenvalue weighted by atomic mass is 32.2. The molecule has 1 aromatic carbocycles. The molecule has 0 bridgehead atoms. The second-order valence-electron chi connectivity index (χ2n) is 8.72. The summed E-state index contributed by atoms with van der Waals surface area (Å²) in [6, 6.07) is 9.59. The van der Waals surface area contributed by atoms with Crippen LogP contribution in [0, 0.1) is 12.7 Å². The Labute approximate surface area is 216 Å². The van der Waals surface area contributed by atoms with Crippen molar-refractivity contribution in [3.63, 3.8) is 0 Å². The Kier molecular flexibility index (Phi) is 7.94. The SMILES string of the molecule is C=N/C=C\c1nc(N2CCN(Cc3ccc(S(C)(=O)=O)cc3F)CC2)c(-c2cccc(OC)n2)nc1C. The summed E-state index contributed by atoms with van der Waals surface area (Å²) in [6.07, 6.45) is 4.41. The summed E-state index contributed by atoms with van der Waals surface area (Å²) in [5.74, 6) is 0.656. The highest BCUT2D eigenvalue weighted by Gasteiger charge is 2.24. The van der Waals surface area contributed by atoms with Crippen molar-refractivity contribution in [2.24, 2.45) is 4.99 Å². The molecule has 0 unspecified atom stereocenters. The zero-order valence-corrected chi connectivity index (χ0v) is 21.9. The van der Waals surface area contributed by atoms with Crippen LogP contribution >= 0.6 is 0 Å². The van der Waals surface area contributed by atoms with Gasteiger partial charge in [0, 0.05) is 56.8 Å². The number of hydrogen-bond acceptors (Lipinski definition) is 9. The molecular formula is C26H29FN6O3S. The van der Waals surface area contributed by atoms with E-state index in [4.69, 9.17) is 14.7 Å². The minimum Gasteiger partial charge on any atom is -0.481 e. The Morgan fingerprint density at radius 2 is 1.89 bits per heavy atom. The van der Waals surface area contributed by atoms with Crippen molar-refractivity contribution in [3.05, 3.63) is 65.4 Å². The number of nitrogens with zero attached hydrogens (tertiary/aromatic N) is 6. The maximum absolute atomic E-state index is 14.6. The van der Waals surface area contributed by atoms with Crippen molar-refractivity contribution in [2.75, 3.05) is 44.4 Å². The van der Waals surface area contributed by atoms with Crippen molar-refractivity contribution < 1.29 is 17.5 Å². The Morgan fingerprint density at radius 1 is 1.14 bits per heavy atom. The predicted octanol–water partition coefficient (Wildman–Crippen LogP) is 3.39. The van der Waals surface area contributed by atoms with Crippen LogP contribution in [0.5, 0.6) is 5.88 Å². The summed E-state index contributed by atoms with van der Waals surface area (Å²) in [7, 11) is -1.89. The van der Waals surface area contributed by atoms with E-state index < -0.39 is 15.7 Å². The summed E-state index contributed by atoms with van der Waals surface area (Å²) >= 11 is 0. The monoisotopic (exact) mass is 524 g/mol. The van der Waals surface area contributed by atoms with Gasteiger partial charge in [0.05, 0.1) is 29.1 Å². The molecule has 9 nitrogen and oxygen atoms in total. The fourth-order valence-electron chi connectivity index (χ4n) is 4.10. The second kappa shape index (κ2) is 11.1. The van der Waals surface area contributed by atoms with Gasteiger partial charge in [-0.1, -0.05) is 12.1 Å². The van der Waals surface area contributed by atoms with Crippen LogP contribution in [0.3, 0.4) is 0 Å². The molecule has 3 heterocycles. The van der Waals surface area contributed by atoms with Gasteiger partial charge in [-0.15, -0.1) is 0 Å². The molecule has 0 N–H and O–H groups in total. The van der Waals surface area contributed by atoms with E-state index in [9.17, 15) is 12.8 Å². The molecule has 1 aliphatic rings. The van der Waals surface area contributed by atoms with Gasteiger partial charge in [0.25, 0.3) is 0 Å². The molecule has 1 saturated heterocycles. The van der Waals surface area contributed by atoms with Gasteiger partial charge in [-0.05, 0) is 37.9 Å². The van der Waals surface area contributed by atoms with Gasteiger partial charge in [-0.25, -0.2) is 27.8 Å². The van der Waals surface area contributed by atoms with Gasteiger partial charge in [0.2, 0.25) is 5.88 Å². The average molecular weight is 525 g/mol. The number of piperazine rings is 1. The first-order chi connectivity index (χ1) is 17.7. The largest absolute Gasteiger partial charge is 0.481 e. The summed E-state index contributed by atoms with van der Waals surface area (Å²) in [4.78, 5) is 22.3. The Hall–Kier alpha value is -3.70. The van der Waals surface area contributed by atoms with Crippen LogP contribution in [0.25, 0.3) is 17.5 Å². The van der Waals surface area contributed by atoms with Crippen molar-refractivity contribution in [3.8, 4) is 17.3 Å². The zero-order chi connectivity index (χ0) is 26.6. The molecule has 37 heavy (non-hydrogen) atoms. The lowest BCUT2D eigenvalue weighted by molar-refractivity contribution is 0.246. The van der Waals surface area contributed by atoms with Crippen molar-refractivity contribution in [1.82, 2.24) is 19.9 Å². The molecule has 0 amide bonds. The molecular weight excluding hydrogens is 495 g/mol. The van der Waals surface area contributed by atoms with Gasteiger partial charge in [-0.3, -0.25) is 9.89 Å². The number of methoxy groups -OCH3 is 1. The summed E-state index contributed by atoms with van der Waals surface area (Å²) < 4.78 is 43.3. The molecule has 0 saturated carbocycles. The highest BCUT2D eigenvalue weighted by molar-refractivity contribution is 7.90. The Balaban J connectivity index is 1.58. The van der Waals surface area contributed by atoms with E-state index in [1.54, 1.807) is 31.5 Å². The third-order valence-corrected chi connectivity index (χ3v) is 7.23. The van der Waals surface area contributed by atoms with Crippen molar-refractivity contribution in [2.45, 2.75) is 18.4 Å².